The van der Waals surface area contributed by atoms with Crippen molar-refractivity contribution < 1.29 is 34.2 Å². The summed E-state index contributed by atoms with van der Waals surface area (Å²) in [5, 5.41) is 32.1. The molecule has 0 bridgehead atoms. The van der Waals surface area contributed by atoms with Crippen molar-refractivity contribution >= 4 is 17.9 Å². The van der Waals surface area contributed by atoms with Gasteiger partial charge in [0.25, 0.3) is 0 Å². The highest BCUT2D eigenvalue weighted by Gasteiger charge is 2.53. The second-order valence-corrected chi connectivity index (χ2v) is 12.6. The highest BCUT2D eigenvalue weighted by molar-refractivity contribution is 5.77. The van der Waals surface area contributed by atoms with Crippen LogP contribution in [0, 0.1) is 0 Å². The van der Waals surface area contributed by atoms with Crippen LogP contribution in [-0.2, 0) is 14.4 Å². The van der Waals surface area contributed by atoms with Gasteiger partial charge in [-0.15, -0.1) is 0 Å². The maximum Gasteiger partial charge on any atom is 0.362 e. The Labute approximate surface area is 264 Å². The minimum Gasteiger partial charge on any atom is -0.544 e. The molecule has 0 aromatic carbocycles. The van der Waals surface area contributed by atoms with Crippen LogP contribution in [0.3, 0.4) is 0 Å². The second-order valence-electron chi connectivity index (χ2n) is 12.6. The Hall–Kier alpha value is -1.89. The van der Waals surface area contributed by atoms with Crippen LogP contribution in [0.5, 0.6) is 0 Å². The summed E-state index contributed by atoms with van der Waals surface area (Å²) in [5.41, 5.74) is 0. The zero-order valence-electron chi connectivity index (χ0n) is 28.3. The molecule has 0 fully saturated rings. The summed E-state index contributed by atoms with van der Waals surface area (Å²) in [6, 6.07) is -3.52. The molecular weight excluding hydrogens is 542 g/mol. The molecule has 0 aliphatic rings. The number of aliphatic carboxylic acids is 3. The molecule has 0 heterocycles. The van der Waals surface area contributed by atoms with E-state index in [1.807, 2.05) is 6.08 Å². The summed E-state index contributed by atoms with van der Waals surface area (Å²) in [7, 11) is 0. The smallest absolute Gasteiger partial charge is 0.362 e. The Morgan fingerprint density at radius 2 is 0.860 bits per heavy atom. The molecule has 0 spiro atoms. The molecule has 43 heavy (non-hydrogen) atoms. The molecule has 0 aliphatic heterocycles. The summed E-state index contributed by atoms with van der Waals surface area (Å²) < 4.78 is -0.549. The van der Waals surface area contributed by atoms with Gasteiger partial charge in [-0.25, -0.2) is 9.59 Å². The van der Waals surface area contributed by atoms with E-state index in [0.29, 0.717) is 0 Å². The van der Waals surface area contributed by atoms with Crippen molar-refractivity contribution in [2.24, 2.45) is 0 Å². The third kappa shape index (κ3) is 16.7. The molecule has 0 aromatic rings. The number of hydrogen-bond acceptors (Lipinski definition) is 4. The SMILES string of the molecule is CCCCCCCCCCCCCCCCCCCCC/C=C/C[N+](C(CC)C(=O)[O-])(C(CC)C(=O)O)C(CC)C(=O)O. The number of carboxylic acid groups (broad SMARTS) is 3. The van der Waals surface area contributed by atoms with E-state index in [2.05, 4.69) is 6.92 Å². The third-order valence-corrected chi connectivity index (χ3v) is 9.31. The van der Waals surface area contributed by atoms with E-state index in [0.717, 1.165) is 19.3 Å². The van der Waals surface area contributed by atoms with E-state index in [-0.39, 0.29) is 25.8 Å². The lowest BCUT2D eigenvalue weighted by Crippen LogP contribution is -2.73. The van der Waals surface area contributed by atoms with Crippen molar-refractivity contribution in [3.05, 3.63) is 12.2 Å². The number of nitrogens with zero attached hydrogens (tertiary/aromatic N) is 1. The van der Waals surface area contributed by atoms with Crippen molar-refractivity contribution in [3.63, 3.8) is 0 Å². The molecule has 0 aromatic heterocycles. The Morgan fingerprint density at radius 1 is 0.535 bits per heavy atom. The van der Waals surface area contributed by atoms with Gasteiger partial charge < -0.3 is 20.1 Å². The van der Waals surface area contributed by atoms with Crippen LogP contribution in [-0.4, -0.2) is 57.3 Å². The zero-order chi connectivity index (χ0) is 32.3. The van der Waals surface area contributed by atoms with E-state index >= 15 is 0 Å². The third-order valence-electron chi connectivity index (χ3n) is 9.31. The molecule has 7 heteroatoms. The maximum absolute atomic E-state index is 12.2. The number of carboxylic acids is 3. The number of quaternary nitrogens is 1. The quantitative estimate of drug-likeness (QED) is 0.0463. The number of rotatable bonds is 31. The second kappa shape index (κ2) is 26.5. The van der Waals surface area contributed by atoms with Gasteiger partial charge in [0.2, 0.25) is 0 Å². The number of carbonyl (C=O) groups is 3. The van der Waals surface area contributed by atoms with Crippen LogP contribution in [0.2, 0.25) is 0 Å². The predicted octanol–water partition coefficient (Wildman–Crippen LogP) is 8.44. The van der Waals surface area contributed by atoms with Crippen LogP contribution in [0.25, 0.3) is 0 Å². The highest BCUT2D eigenvalue weighted by Crippen LogP contribution is 2.31. The highest BCUT2D eigenvalue weighted by atomic mass is 16.4. The normalized spacial score (nSPS) is 15.3. The Morgan fingerprint density at radius 3 is 1.14 bits per heavy atom. The van der Waals surface area contributed by atoms with Gasteiger partial charge in [0.05, 0.1) is 12.5 Å². The summed E-state index contributed by atoms with van der Waals surface area (Å²) in [6.45, 7) is 7.31. The molecule has 0 rings (SSSR count). The Balaban J connectivity index is 4.36. The van der Waals surface area contributed by atoms with E-state index in [9.17, 15) is 29.7 Å². The summed E-state index contributed by atoms with van der Waals surface area (Å²) in [4.78, 5) is 36.6. The van der Waals surface area contributed by atoms with E-state index in [1.165, 1.54) is 109 Å². The first-order chi connectivity index (χ1) is 20.7. The average Bonchev–Trinajstić information content (AvgIpc) is 2.96. The Bertz CT molecular complexity index is 697. The van der Waals surface area contributed by atoms with Crippen LogP contribution in [0.4, 0.5) is 0 Å². The van der Waals surface area contributed by atoms with E-state index < -0.39 is 40.5 Å². The lowest BCUT2D eigenvalue weighted by atomic mass is 9.94. The molecule has 0 radical (unpaired) electrons. The predicted molar refractivity (Wildman–Crippen MR) is 175 cm³/mol. The monoisotopic (exact) mass is 609 g/mol. The lowest BCUT2D eigenvalue weighted by Gasteiger charge is -2.51. The molecule has 0 amide bonds. The lowest BCUT2D eigenvalue weighted by molar-refractivity contribution is -0.969. The van der Waals surface area contributed by atoms with Crippen molar-refractivity contribution in [3.8, 4) is 0 Å². The number of hydrogen-bond donors (Lipinski definition) is 2. The zero-order valence-corrected chi connectivity index (χ0v) is 28.3. The topological polar surface area (TPSA) is 115 Å². The summed E-state index contributed by atoms with van der Waals surface area (Å²) in [5.74, 6) is -3.74. The molecule has 0 saturated heterocycles. The molecule has 7 nitrogen and oxygen atoms in total. The van der Waals surface area contributed by atoms with Gasteiger partial charge in [-0.05, 0) is 18.9 Å². The molecule has 0 saturated carbocycles. The molecule has 0 aliphatic carbocycles. The number of unbranched alkanes of at least 4 members (excludes halogenated alkanes) is 19. The van der Waals surface area contributed by atoms with Crippen LogP contribution in [0.1, 0.15) is 175 Å². The van der Waals surface area contributed by atoms with Crippen molar-refractivity contribution in [1.29, 1.82) is 0 Å². The molecular formula is C36H67NO6. The van der Waals surface area contributed by atoms with Gasteiger partial charge in [0.15, 0.2) is 12.1 Å². The van der Waals surface area contributed by atoms with Crippen LogP contribution >= 0.6 is 0 Å². The van der Waals surface area contributed by atoms with Gasteiger partial charge in [-0.1, -0.05) is 149 Å². The van der Waals surface area contributed by atoms with E-state index in [1.54, 1.807) is 26.8 Å². The minimum absolute atomic E-state index is 0.0429. The number of allylic oxidation sites excluding steroid dienone is 1. The van der Waals surface area contributed by atoms with Gasteiger partial charge in [-0.3, -0.25) is 4.48 Å². The first-order valence-electron chi connectivity index (χ1n) is 17.9. The molecule has 3 unspecified atom stereocenters. The summed E-state index contributed by atoms with van der Waals surface area (Å²) >= 11 is 0. The first-order valence-corrected chi connectivity index (χ1v) is 17.9. The molecule has 252 valence electrons. The van der Waals surface area contributed by atoms with Gasteiger partial charge in [-0.2, -0.15) is 0 Å². The van der Waals surface area contributed by atoms with Crippen LogP contribution < -0.4 is 5.11 Å². The fraction of sp³-hybridized carbons (Fsp3) is 0.861. The number of carbonyl (C=O) groups excluding carboxylic acids is 1. The molecule has 2 N–H and O–H groups in total. The summed E-state index contributed by atoms with van der Waals surface area (Å²) in [6.07, 6.45) is 30.2. The van der Waals surface area contributed by atoms with Gasteiger partial charge in [0, 0.05) is 19.3 Å². The maximum atomic E-state index is 12.2. The van der Waals surface area contributed by atoms with E-state index in [4.69, 9.17) is 0 Å². The fourth-order valence-corrected chi connectivity index (χ4v) is 6.89. The average molecular weight is 610 g/mol. The van der Waals surface area contributed by atoms with Crippen LogP contribution in [0.15, 0.2) is 12.2 Å². The molecule has 3 atom stereocenters. The largest absolute Gasteiger partial charge is 0.544 e. The first kappa shape index (κ1) is 41.1. The van der Waals surface area contributed by atoms with Gasteiger partial charge >= 0.3 is 11.9 Å². The van der Waals surface area contributed by atoms with Crippen molar-refractivity contribution in [2.45, 2.75) is 193 Å². The standard InChI is InChI=1S/C36H67NO6/c1-5-9-10-11-12-13-14-15-16-17-18-19-20-21-22-23-24-25-26-27-28-29-30-37(31(6-2)34(38)39,32(7-3)35(40)41)33(8-4)36(42)43/h28-29,31-33H,5-27,30H2,1-4H3,(H2-,38,39,40,41,42,43)/b29-28+. The fourth-order valence-electron chi connectivity index (χ4n) is 6.89. The Kier molecular flexibility index (Phi) is 25.3. The minimum atomic E-state index is -1.39. The van der Waals surface area contributed by atoms with Crippen molar-refractivity contribution in [1.82, 2.24) is 0 Å². The van der Waals surface area contributed by atoms with Gasteiger partial charge in [0.1, 0.15) is 6.04 Å². The van der Waals surface area contributed by atoms with Crippen molar-refractivity contribution in [2.75, 3.05) is 6.54 Å².